The van der Waals surface area contributed by atoms with Crippen LogP contribution in [0.1, 0.15) is 24.2 Å². The number of nitrogens with zero attached hydrogens (tertiary/aromatic N) is 3. The number of ether oxygens (including phenoxy) is 3. The van der Waals surface area contributed by atoms with E-state index in [1.165, 1.54) is 19.3 Å². The summed E-state index contributed by atoms with van der Waals surface area (Å²) in [6.45, 7) is 0.399. The van der Waals surface area contributed by atoms with Gasteiger partial charge in [-0.25, -0.2) is 4.98 Å². The predicted molar refractivity (Wildman–Crippen MR) is 124 cm³/mol. The zero-order valence-corrected chi connectivity index (χ0v) is 20.5. The maximum absolute atomic E-state index is 12.6. The van der Waals surface area contributed by atoms with Crippen LogP contribution in [0.4, 0.5) is 13.2 Å². The number of hydrogen-bond donors (Lipinski definition) is 0. The SMILES string of the molecule is COc1c(Cl)cc(OCC=C(Cl)Cl)cc1-c1nc(CCCCOc2ccc(C(F)(F)F)cn2)no1. The molecule has 0 fully saturated rings. The molecule has 0 atom stereocenters. The Bertz CT molecular complexity index is 1150. The number of rotatable bonds is 11. The first-order chi connectivity index (χ1) is 16.7. The molecule has 0 aliphatic carbocycles. The van der Waals surface area contributed by atoms with Crippen LogP contribution in [0.5, 0.6) is 17.4 Å². The monoisotopic (exact) mass is 551 g/mol. The number of alkyl halides is 3. The fraction of sp³-hybridized carbons (Fsp3) is 0.318. The number of aryl methyl sites for hydroxylation is 1. The van der Waals surface area contributed by atoms with E-state index < -0.39 is 11.7 Å². The van der Waals surface area contributed by atoms with Crippen molar-refractivity contribution in [3.8, 4) is 28.8 Å². The first-order valence-electron chi connectivity index (χ1n) is 10.2. The van der Waals surface area contributed by atoms with Crippen molar-refractivity contribution in [2.45, 2.75) is 25.4 Å². The predicted octanol–water partition coefficient (Wildman–Crippen LogP) is 6.91. The van der Waals surface area contributed by atoms with Crippen LogP contribution in [0.2, 0.25) is 5.02 Å². The number of benzene rings is 1. The van der Waals surface area contributed by atoms with E-state index in [2.05, 4.69) is 15.1 Å². The molecule has 2 heterocycles. The standard InChI is InChI=1S/C22H19Cl3F3N3O4/c1-32-20-15(10-14(11-16(20)23)33-9-7-17(24)25)21-30-18(31-35-21)4-2-3-8-34-19-6-5-13(12-29-19)22(26,27)28/h5-7,10-12H,2-4,8-9H2,1H3. The summed E-state index contributed by atoms with van der Waals surface area (Å²) in [4.78, 5) is 8.05. The molecule has 0 aliphatic rings. The van der Waals surface area contributed by atoms with Gasteiger partial charge in [-0.05, 0) is 31.1 Å². The van der Waals surface area contributed by atoms with E-state index in [0.29, 0.717) is 42.1 Å². The van der Waals surface area contributed by atoms with Gasteiger partial charge in [-0.2, -0.15) is 18.2 Å². The Labute approximate surface area is 213 Å². The van der Waals surface area contributed by atoms with Crippen LogP contribution < -0.4 is 14.2 Å². The molecule has 7 nitrogen and oxygen atoms in total. The lowest BCUT2D eigenvalue weighted by atomic mass is 10.2. The molecule has 0 N–H and O–H groups in total. The van der Waals surface area contributed by atoms with Crippen LogP contribution in [-0.4, -0.2) is 35.4 Å². The average molecular weight is 553 g/mol. The largest absolute Gasteiger partial charge is 0.494 e. The molecule has 0 radical (unpaired) electrons. The van der Waals surface area contributed by atoms with E-state index in [1.807, 2.05) is 0 Å². The summed E-state index contributed by atoms with van der Waals surface area (Å²) >= 11 is 17.5. The van der Waals surface area contributed by atoms with E-state index in [9.17, 15) is 13.2 Å². The summed E-state index contributed by atoms with van der Waals surface area (Å²) in [6, 6.07) is 5.32. The minimum absolute atomic E-state index is 0.0763. The lowest BCUT2D eigenvalue weighted by molar-refractivity contribution is -0.137. The van der Waals surface area contributed by atoms with Crippen molar-refractivity contribution in [1.82, 2.24) is 15.1 Å². The van der Waals surface area contributed by atoms with Gasteiger partial charge in [0.15, 0.2) is 5.82 Å². The first-order valence-corrected chi connectivity index (χ1v) is 11.3. The second kappa shape index (κ2) is 12.3. The number of pyridine rings is 1. The Morgan fingerprint density at radius 3 is 2.60 bits per heavy atom. The van der Waals surface area contributed by atoms with E-state index in [-0.39, 0.29) is 34.5 Å². The van der Waals surface area contributed by atoms with Gasteiger partial charge < -0.3 is 18.7 Å². The van der Waals surface area contributed by atoms with E-state index in [4.69, 9.17) is 53.5 Å². The molecule has 1 aromatic carbocycles. The summed E-state index contributed by atoms with van der Waals surface area (Å²) in [7, 11) is 1.46. The molecule has 0 aliphatic heterocycles. The summed E-state index contributed by atoms with van der Waals surface area (Å²) in [6.07, 6.45) is -0.496. The quantitative estimate of drug-likeness (QED) is 0.239. The molecule has 0 spiro atoms. The van der Waals surface area contributed by atoms with Crippen LogP contribution >= 0.6 is 34.8 Å². The average Bonchev–Trinajstić information content (AvgIpc) is 3.27. The number of hydrogen-bond acceptors (Lipinski definition) is 7. The van der Waals surface area contributed by atoms with Gasteiger partial charge in [0.25, 0.3) is 5.89 Å². The van der Waals surface area contributed by atoms with Gasteiger partial charge in [0.05, 0.1) is 29.9 Å². The van der Waals surface area contributed by atoms with E-state index in [1.54, 1.807) is 12.1 Å². The molecular weight excluding hydrogens is 534 g/mol. The maximum atomic E-state index is 12.6. The van der Waals surface area contributed by atoms with E-state index in [0.717, 1.165) is 12.3 Å². The molecule has 0 saturated heterocycles. The number of methoxy groups -OCH3 is 1. The minimum atomic E-state index is -4.44. The van der Waals surface area contributed by atoms with Crippen molar-refractivity contribution >= 4 is 34.8 Å². The first kappa shape index (κ1) is 26.9. The number of halogens is 6. The van der Waals surface area contributed by atoms with E-state index >= 15 is 0 Å². The highest BCUT2D eigenvalue weighted by Crippen LogP contribution is 2.39. The smallest absolute Gasteiger partial charge is 0.417 e. The van der Waals surface area contributed by atoms with Crippen LogP contribution in [-0.2, 0) is 12.6 Å². The van der Waals surface area contributed by atoms with Gasteiger partial charge in [0, 0.05) is 24.8 Å². The summed E-state index contributed by atoms with van der Waals surface area (Å²) in [5.74, 6) is 1.53. The molecule has 0 bridgehead atoms. The van der Waals surface area contributed by atoms with Crippen LogP contribution in [0.25, 0.3) is 11.5 Å². The molecule has 35 heavy (non-hydrogen) atoms. The third-order valence-electron chi connectivity index (χ3n) is 4.52. The third-order valence-corrected chi connectivity index (χ3v) is 5.11. The summed E-state index contributed by atoms with van der Waals surface area (Å²) < 4.78 is 59.5. The Morgan fingerprint density at radius 2 is 1.94 bits per heavy atom. The Morgan fingerprint density at radius 1 is 1.14 bits per heavy atom. The third kappa shape index (κ3) is 7.91. The second-order valence-electron chi connectivity index (χ2n) is 6.99. The molecule has 0 saturated carbocycles. The lowest BCUT2D eigenvalue weighted by Gasteiger charge is -2.10. The van der Waals surface area contributed by atoms with Crippen molar-refractivity contribution in [3.63, 3.8) is 0 Å². The summed E-state index contributed by atoms with van der Waals surface area (Å²) in [5.41, 5.74) is -0.379. The number of aromatic nitrogens is 3. The zero-order chi connectivity index (χ0) is 25.4. The Balaban J connectivity index is 1.55. The highest BCUT2D eigenvalue weighted by molar-refractivity contribution is 6.55. The fourth-order valence-corrected chi connectivity index (χ4v) is 3.29. The molecule has 2 aromatic heterocycles. The Kier molecular flexibility index (Phi) is 9.47. The van der Waals surface area contributed by atoms with Gasteiger partial charge in [-0.3, -0.25) is 0 Å². The highest BCUT2D eigenvalue weighted by Gasteiger charge is 2.30. The van der Waals surface area contributed by atoms with Crippen molar-refractivity contribution < 1.29 is 31.9 Å². The van der Waals surface area contributed by atoms with Gasteiger partial charge in [0.1, 0.15) is 22.6 Å². The minimum Gasteiger partial charge on any atom is -0.494 e. The molecule has 3 rings (SSSR count). The Hall–Kier alpha value is -2.69. The highest BCUT2D eigenvalue weighted by atomic mass is 35.5. The maximum Gasteiger partial charge on any atom is 0.417 e. The lowest BCUT2D eigenvalue weighted by Crippen LogP contribution is -2.06. The fourth-order valence-electron chi connectivity index (χ4n) is 2.88. The van der Waals surface area contributed by atoms with Crippen LogP contribution in [0.15, 0.2) is 45.6 Å². The van der Waals surface area contributed by atoms with Gasteiger partial charge in [-0.15, -0.1) is 0 Å². The van der Waals surface area contributed by atoms with Crippen LogP contribution in [0.3, 0.4) is 0 Å². The zero-order valence-electron chi connectivity index (χ0n) is 18.2. The van der Waals surface area contributed by atoms with Crippen molar-refractivity contribution in [2.75, 3.05) is 20.3 Å². The molecular formula is C22H19Cl3F3N3O4. The van der Waals surface area contributed by atoms with Crippen molar-refractivity contribution in [1.29, 1.82) is 0 Å². The van der Waals surface area contributed by atoms with Crippen molar-refractivity contribution in [2.24, 2.45) is 0 Å². The molecule has 188 valence electrons. The summed E-state index contributed by atoms with van der Waals surface area (Å²) in [5, 5.41) is 4.26. The molecule has 3 aromatic rings. The molecule has 0 amide bonds. The normalized spacial score (nSPS) is 11.3. The van der Waals surface area contributed by atoms with Gasteiger partial charge in [0.2, 0.25) is 5.88 Å². The van der Waals surface area contributed by atoms with Crippen molar-refractivity contribution in [3.05, 3.63) is 57.4 Å². The topological polar surface area (TPSA) is 79.5 Å². The van der Waals surface area contributed by atoms with Gasteiger partial charge >= 0.3 is 6.18 Å². The number of unbranched alkanes of at least 4 members (excludes halogenated alkanes) is 1. The molecule has 0 unspecified atom stereocenters. The van der Waals surface area contributed by atoms with Gasteiger partial charge in [-0.1, -0.05) is 40.0 Å². The molecule has 13 heteroatoms. The second-order valence-corrected chi connectivity index (χ2v) is 8.41. The van der Waals surface area contributed by atoms with Crippen LogP contribution in [0, 0.1) is 0 Å².